The summed E-state index contributed by atoms with van der Waals surface area (Å²) >= 11 is 1.75. The van der Waals surface area contributed by atoms with Gasteiger partial charge in [0, 0.05) is 23.4 Å². The first kappa shape index (κ1) is 14.4. The molecule has 0 amide bonds. The first-order valence-corrected chi connectivity index (χ1v) is 8.08. The molecule has 0 bridgehead atoms. The summed E-state index contributed by atoms with van der Waals surface area (Å²) < 4.78 is 10.6. The first-order valence-electron chi connectivity index (χ1n) is 7.20. The van der Waals surface area contributed by atoms with Crippen LogP contribution < -0.4 is 14.8 Å². The van der Waals surface area contributed by atoms with Gasteiger partial charge >= 0.3 is 0 Å². The van der Waals surface area contributed by atoms with Crippen LogP contribution in [0.25, 0.3) is 11.3 Å². The SMILES string of the molecule is COc1ccc(-c2csc(C3CCCNC3)n2)cc1OC. The van der Waals surface area contributed by atoms with Crippen LogP contribution >= 0.6 is 11.3 Å². The van der Waals surface area contributed by atoms with Gasteiger partial charge in [0.05, 0.1) is 24.9 Å². The van der Waals surface area contributed by atoms with Crippen molar-refractivity contribution in [3.8, 4) is 22.8 Å². The van der Waals surface area contributed by atoms with E-state index in [2.05, 4.69) is 10.7 Å². The Morgan fingerprint density at radius 1 is 1.24 bits per heavy atom. The zero-order valence-electron chi connectivity index (χ0n) is 12.4. The van der Waals surface area contributed by atoms with Gasteiger partial charge in [0.25, 0.3) is 0 Å². The second-order valence-electron chi connectivity index (χ2n) is 5.18. The molecule has 0 radical (unpaired) electrons. The number of aromatic nitrogens is 1. The van der Waals surface area contributed by atoms with Gasteiger partial charge in [-0.2, -0.15) is 0 Å². The molecule has 1 aliphatic rings. The summed E-state index contributed by atoms with van der Waals surface area (Å²) in [6.45, 7) is 2.17. The van der Waals surface area contributed by atoms with E-state index in [9.17, 15) is 0 Å². The van der Waals surface area contributed by atoms with Crippen LogP contribution in [0.15, 0.2) is 23.6 Å². The number of nitrogens with zero attached hydrogens (tertiary/aromatic N) is 1. The third-order valence-corrected chi connectivity index (χ3v) is 4.85. The number of rotatable bonds is 4. The summed E-state index contributed by atoms with van der Waals surface area (Å²) in [5.41, 5.74) is 2.08. The maximum atomic E-state index is 5.36. The van der Waals surface area contributed by atoms with E-state index in [1.807, 2.05) is 18.2 Å². The lowest BCUT2D eigenvalue weighted by atomic mass is 10.0. The maximum Gasteiger partial charge on any atom is 0.161 e. The topological polar surface area (TPSA) is 43.4 Å². The van der Waals surface area contributed by atoms with E-state index in [0.717, 1.165) is 35.8 Å². The number of ether oxygens (including phenoxy) is 2. The molecule has 1 saturated heterocycles. The van der Waals surface area contributed by atoms with Gasteiger partial charge in [-0.15, -0.1) is 11.3 Å². The molecule has 0 aliphatic carbocycles. The van der Waals surface area contributed by atoms with E-state index < -0.39 is 0 Å². The van der Waals surface area contributed by atoms with Gasteiger partial charge in [-0.05, 0) is 37.6 Å². The molecule has 0 saturated carbocycles. The Hall–Kier alpha value is -1.59. The van der Waals surface area contributed by atoms with Crippen LogP contribution in [0.4, 0.5) is 0 Å². The molecule has 5 heteroatoms. The molecule has 1 aromatic heterocycles. The highest BCUT2D eigenvalue weighted by Gasteiger charge is 2.19. The molecular formula is C16H20N2O2S. The molecule has 1 aromatic carbocycles. The summed E-state index contributed by atoms with van der Waals surface area (Å²) in [5, 5.41) is 6.80. The number of piperidine rings is 1. The largest absolute Gasteiger partial charge is 0.493 e. The van der Waals surface area contributed by atoms with Crippen molar-refractivity contribution in [1.29, 1.82) is 0 Å². The van der Waals surface area contributed by atoms with Crippen LogP contribution in [-0.2, 0) is 0 Å². The van der Waals surface area contributed by atoms with Crippen molar-refractivity contribution in [3.63, 3.8) is 0 Å². The first-order chi connectivity index (χ1) is 10.3. The van der Waals surface area contributed by atoms with E-state index in [-0.39, 0.29) is 0 Å². The molecular weight excluding hydrogens is 284 g/mol. The van der Waals surface area contributed by atoms with E-state index in [4.69, 9.17) is 14.5 Å². The smallest absolute Gasteiger partial charge is 0.161 e. The monoisotopic (exact) mass is 304 g/mol. The summed E-state index contributed by atoms with van der Waals surface area (Å²) in [6, 6.07) is 5.94. The summed E-state index contributed by atoms with van der Waals surface area (Å²) in [5.74, 6) is 2.04. The summed E-state index contributed by atoms with van der Waals surface area (Å²) in [7, 11) is 3.30. The highest BCUT2D eigenvalue weighted by Crippen LogP contribution is 2.34. The molecule has 1 atom stereocenters. The lowest BCUT2D eigenvalue weighted by Gasteiger charge is -2.20. The van der Waals surface area contributed by atoms with Gasteiger partial charge in [0.1, 0.15) is 0 Å². The average molecular weight is 304 g/mol. The predicted molar refractivity (Wildman–Crippen MR) is 85.5 cm³/mol. The molecule has 1 aliphatic heterocycles. The van der Waals surface area contributed by atoms with Crippen molar-refractivity contribution in [1.82, 2.24) is 10.3 Å². The molecule has 1 unspecified atom stereocenters. The zero-order chi connectivity index (χ0) is 14.7. The third-order valence-electron chi connectivity index (χ3n) is 3.85. The number of thiazole rings is 1. The quantitative estimate of drug-likeness (QED) is 0.941. The third kappa shape index (κ3) is 3.04. The van der Waals surface area contributed by atoms with Gasteiger partial charge in [-0.25, -0.2) is 4.98 Å². The molecule has 4 nitrogen and oxygen atoms in total. The van der Waals surface area contributed by atoms with Crippen molar-refractivity contribution in [3.05, 3.63) is 28.6 Å². The fourth-order valence-corrected chi connectivity index (χ4v) is 3.63. The lowest BCUT2D eigenvalue weighted by molar-refractivity contribution is 0.355. The van der Waals surface area contributed by atoms with E-state index in [1.165, 1.54) is 17.8 Å². The molecule has 2 heterocycles. The minimum absolute atomic E-state index is 0.553. The molecule has 112 valence electrons. The van der Waals surface area contributed by atoms with Gasteiger partial charge in [-0.3, -0.25) is 0 Å². The Balaban J connectivity index is 1.85. The molecule has 1 fully saturated rings. The molecule has 21 heavy (non-hydrogen) atoms. The van der Waals surface area contributed by atoms with Crippen molar-refractivity contribution in [2.24, 2.45) is 0 Å². The van der Waals surface area contributed by atoms with Crippen molar-refractivity contribution >= 4 is 11.3 Å². The molecule has 0 spiro atoms. The number of benzene rings is 1. The van der Waals surface area contributed by atoms with Crippen molar-refractivity contribution < 1.29 is 9.47 Å². The second-order valence-corrected chi connectivity index (χ2v) is 6.07. The highest BCUT2D eigenvalue weighted by molar-refractivity contribution is 7.10. The summed E-state index contributed by atoms with van der Waals surface area (Å²) in [6.07, 6.45) is 2.46. The standard InChI is InChI=1S/C16H20N2O2S/c1-19-14-6-5-11(8-15(14)20-2)13-10-21-16(18-13)12-4-3-7-17-9-12/h5-6,8,10,12,17H,3-4,7,9H2,1-2H3. The van der Waals surface area contributed by atoms with E-state index in [1.54, 1.807) is 25.6 Å². The Kier molecular flexibility index (Phi) is 4.41. The Bertz CT molecular complexity index is 606. The van der Waals surface area contributed by atoms with Crippen LogP contribution in [0.2, 0.25) is 0 Å². The minimum atomic E-state index is 0.553. The molecule has 3 rings (SSSR count). The van der Waals surface area contributed by atoms with E-state index >= 15 is 0 Å². The highest BCUT2D eigenvalue weighted by atomic mass is 32.1. The number of nitrogens with one attached hydrogen (secondary N) is 1. The Labute approximate surface area is 129 Å². The number of hydrogen-bond acceptors (Lipinski definition) is 5. The van der Waals surface area contributed by atoms with Crippen molar-refractivity contribution in [2.75, 3.05) is 27.3 Å². The zero-order valence-corrected chi connectivity index (χ0v) is 13.2. The summed E-state index contributed by atoms with van der Waals surface area (Å²) in [4.78, 5) is 4.82. The maximum absolute atomic E-state index is 5.36. The fourth-order valence-electron chi connectivity index (χ4n) is 2.67. The lowest BCUT2D eigenvalue weighted by Crippen LogP contribution is -2.28. The van der Waals surface area contributed by atoms with Crippen LogP contribution in [-0.4, -0.2) is 32.3 Å². The number of methoxy groups -OCH3 is 2. The number of hydrogen-bond donors (Lipinski definition) is 1. The van der Waals surface area contributed by atoms with Crippen LogP contribution in [0, 0.1) is 0 Å². The predicted octanol–water partition coefficient (Wildman–Crippen LogP) is 3.29. The van der Waals surface area contributed by atoms with E-state index in [0.29, 0.717) is 5.92 Å². The molecule has 1 N–H and O–H groups in total. The van der Waals surface area contributed by atoms with Gasteiger partial charge in [-0.1, -0.05) is 0 Å². The van der Waals surface area contributed by atoms with Gasteiger partial charge in [0.2, 0.25) is 0 Å². The Morgan fingerprint density at radius 3 is 2.81 bits per heavy atom. The minimum Gasteiger partial charge on any atom is -0.493 e. The van der Waals surface area contributed by atoms with Crippen molar-refractivity contribution in [2.45, 2.75) is 18.8 Å². The Morgan fingerprint density at radius 2 is 2.10 bits per heavy atom. The van der Waals surface area contributed by atoms with Crippen LogP contribution in [0.3, 0.4) is 0 Å². The molecule has 2 aromatic rings. The van der Waals surface area contributed by atoms with Gasteiger partial charge < -0.3 is 14.8 Å². The second kappa shape index (κ2) is 6.45. The van der Waals surface area contributed by atoms with Gasteiger partial charge in [0.15, 0.2) is 11.5 Å². The van der Waals surface area contributed by atoms with Crippen LogP contribution in [0.1, 0.15) is 23.8 Å². The fraction of sp³-hybridized carbons (Fsp3) is 0.438. The average Bonchev–Trinajstić information content (AvgIpc) is 3.05. The normalized spacial score (nSPS) is 18.5. The van der Waals surface area contributed by atoms with Crippen LogP contribution in [0.5, 0.6) is 11.5 Å².